The van der Waals surface area contributed by atoms with Crippen molar-refractivity contribution in [3.05, 3.63) is 35.9 Å². The molecule has 0 heterocycles. The van der Waals surface area contributed by atoms with Crippen molar-refractivity contribution in [1.29, 1.82) is 0 Å². The van der Waals surface area contributed by atoms with Crippen LogP contribution in [0.4, 0.5) is 4.79 Å². The monoisotopic (exact) mass is 749 g/mol. The van der Waals surface area contributed by atoms with E-state index in [1.165, 1.54) is 4.90 Å². The van der Waals surface area contributed by atoms with E-state index in [2.05, 4.69) is 35.1 Å². The fraction of sp³-hybridized carbons (Fsp3) is 0.683. The molecule has 0 radical (unpaired) electrons. The molecule has 4 fully saturated rings. The zero-order chi connectivity index (χ0) is 39.5. The maximum Gasteiger partial charge on any atom is 0.408 e. The number of hydrogen-bond donors (Lipinski definition) is 4. The summed E-state index contributed by atoms with van der Waals surface area (Å²) in [6, 6.07) is 5.78. The average Bonchev–Trinajstić information content (AvgIpc) is 3.98. The predicted octanol–water partition coefficient (Wildman–Crippen LogP) is 3.85. The van der Waals surface area contributed by atoms with Crippen LogP contribution in [-0.4, -0.2) is 84.5 Å². The normalized spacial score (nSPS) is 24.8. The Morgan fingerprint density at radius 1 is 0.889 bits per heavy atom. The number of Topliss-reactive ketones (excluding diaryl/α,β-unsaturated/α-hetero) is 2. The summed E-state index contributed by atoms with van der Waals surface area (Å²) < 4.78 is 5.55. The lowest BCUT2D eigenvalue weighted by Crippen LogP contribution is -2.54. The smallest absolute Gasteiger partial charge is 0.408 e. The molecule has 13 nitrogen and oxygen atoms in total. The van der Waals surface area contributed by atoms with Gasteiger partial charge in [0.2, 0.25) is 23.5 Å². The maximum absolute atomic E-state index is 14.5. The first kappa shape index (κ1) is 40.9. The highest BCUT2D eigenvalue weighted by molar-refractivity contribution is 6.38. The molecule has 296 valence electrons. The van der Waals surface area contributed by atoms with Crippen LogP contribution in [0.1, 0.15) is 104 Å². The first-order valence-electron chi connectivity index (χ1n) is 19.6. The van der Waals surface area contributed by atoms with E-state index >= 15 is 0 Å². The minimum atomic E-state index is -1.13. The van der Waals surface area contributed by atoms with E-state index in [4.69, 9.17) is 4.74 Å². The van der Waals surface area contributed by atoms with E-state index < -0.39 is 71.7 Å². The summed E-state index contributed by atoms with van der Waals surface area (Å²) in [5.41, 5.74) is -0.362. The summed E-state index contributed by atoms with van der Waals surface area (Å²) in [6.45, 7) is 8.91. The Bertz CT molecular complexity index is 1590. The zero-order valence-corrected chi connectivity index (χ0v) is 32.9. The Labute approximate surface area is 318 Å². The van der Waals surface area contributed by atoms with Crippen LogP contribution in [-0.2, 0) is 33.5 Å². The molecule has 5 amide bonds. The Balaban J connectivity index is 1.27. The second-order valence-electron chi connectivity index (χ2n) is 17.7. The molecule has 0 aromatic heterocycles. The van der Waals surface area contributed by atoms with Gasteiger partial charge in [-0.25, -0.2) is 4.79 Å². The summed E-state index contributed by atoms with van der Waals surface area (Å²) >= 11 is 0. The Morgan fingerprint density at radius 2 is 1.54 bits per heavy atom. The number of alkyl carbamates (subject to hydrolysis) is 1. The van der Waals surface area contributed by atoms with Crippen LogP contribution < -0.4 is 21.3 Å². The minimum Gasteiger partial charge on any atom is -0.444 e. The number of carbonyl (C=O) groups is 7. The number of rotatable bonds is 15. The van der Waals surface area contributed by atoms with Crippen molar-refractivity contribution in [1.82, 2.24) is 26.2 Å². The quantitative estimate of drug-likeness (QED) is 0.195. The highest BCUT2D eigenvalue weighted by Gasteiger charge is 2.70. The largest absolute Gasteiger partial charge is 0.444 e. The zero-order valence-electron chi connectivity index (χ0n) is 32.9. The fourth-order valence-electron chi connectivity index (χ4n) is 8.81. The van der Waals surface area contributed by atoms with Gasteiger partial charge in [-0.05, 0) is 81.1 Å². The molecule has 0 bridgehead atoms. The van der Waals surface area contributed by atoms with Crippen molar-refractivity contribution in [2.45, 2.75) is 116 Å². The van der Waals surface area contributed by atoms with E-state index in [0.717, 1.165) is 44.9 Å². The van der Waals surface area contributed by atoms with Gasteiger partial charge in [0.15, 0.2) is 5.78 Å². The van der Waals surface area contributed by atoms with E-state index in [-0.39, 0.29) is 47.2 Å². The molecule has 4 N–H and O–H groups in total. The number of nitrogens with one attached hydrogen (secondary N) is 4. The highest BCUT2D eigenvalue weighted by atomic mass is 16.6. The fourth-order valence-corrected chi connectivity index (χ4v) is 8.81. The third-order valence-corrected chi connectivity index (χ3v) is 11.9. The molecule has 2 unspecified atom stereocenters. The number of amides is 5. The maximum atomic E-state index is 14.5. The molecule has 54 heavy (non-hydrogen) atoms. The van der Waals surface area contributed by atoms with Gasteiger partial charge in [0, 0.05) is 20.0 Å². The van der Waals surface area contributed by atoms with Crippen molar-refractivity contribution < 1.29 is 38.3 Å². The SMILES string of the molecule is CN(C)C(=O)[C@@H](NC(=O)CNC(=O)C(=O)C(CC1CC1)NC(=O)[C@H]1C(C(=O)[C@@H](NC(=O)OC(C)(C)C)C2CCCCC2)C[C@H]2[C@@H]1C2(C)C)c1ccccc1. The Morgan fingerprint density at radius 3 is 2.13 bits per heavy atom. The van der Waals surface area contributed by atoms with Gasteiger partial charge < -0.3 is 30.9 Å². The van der Waals surface area contributed by atoms with Crippen molar-refractivity contribution in [2.24, 2.45) is 40.9 Å². The van der Waals surface area contributed by atoms with Crippen molar-refractivity contribution in [3.63, 3.8) is 0 Å². The number of fused-ring (bicyclic) bond motifs is 1. The lowest BCUT2D eigenvalue weighted by Gasteiger charge is -2.35. The molecule has 4 aliphatic carbocycles. The number of hydrogen-bond acceptors (Lipinski definition) is 8. The molecule has 1 aromatic rings. The molecule has 0 spiro atoms. The number of nitrogens with zero attached hydrogens (tertiary/aromatic N) is 1. The first-order chi connectivity index (χ1) is 25.4. The third kappa shape index (κ3) is 9.87. The highest BCUT2D eigenvalue weighted by Crippen LogP contribution is 2.71. The molecule has 5 rings (SSSR count). The average molecular weight is 750 g/mol. The summed E-state index contributed by atoms with van der Waals surface area (Å²) in [4.78, 5) is 95.9. The van der Waals surface area contributed by atoms with Crippen molar-refractivity contribution in [2.75, 3.05) is 20.6 Å². The molecule has 7 atom stereocenters. The Hall–Kier alpha value is -4.29. The van der Waals surface area contributed by atoms with Crippen molar-refractivity contribution in [3.8, 4) is 0 Å². The number of ketones is 2. The summed E-state index contributed by atoms with van der Waals surface area (Å²) in [5, 5.41) is 10.8. The van der Waals surface area contributed by atoms with Crippen LogP contribution in [0.5, 0.6) is 0 Å². The van der Waals surface area contributed by atoms with Crippen molar-refractivity contribution >= 4 is 41.3 Å². The molecule has 13 heteroatoms. The van der Waals surface area contributed by atoms with Gasteiger partial charge in [-0.15, -0.1) is 0 Å². The van der Waals surface area contributed by atoms with Crippen LogP contribution in [0.3, 0.4) is 0 Å². The molecule has 0 saturated heterocycles. The lowest BCUT2D eigenvalue weighted by molar-refractivity contribution is -0.142. The second kappa shape index (κ2) is 16.6. The van der Waals surface area contributed by atoms with E-state index in [1.807, 2.05) is 0 Å². The number of likely N-dealkylation sites (N-methyl/N-ethyl adjacent to an activating group) is 1. The number of benzene rings is 1. The van der Waals surface area contributed by atoms with E-state index in [1.54, 1.807) is 65.2 Å². The van der Waals surface area contributed by atoms with Gasteiger partial charge in [-0.3, -0.25) is 28.8 Å². The van der Waals surface area contributed by atoms with Crippen LogP contribution in [0.2, 0.25) is 0 Å². The molecular formula is C41H59N5O8. The topological polar surface area (TPSA) is 180 Å². The summed E-state index contributed by atoms with van der Waals surface area (Å²) in [6.07, 6.45) is 6.40. The van der Waals surface area contributed by atoms with Crippen LogP contribution in [0.25, 0.3) is 0 Å². The van der Waals surface area contributed by atoms with Gasteiger partial charge in [0.05, 0.1) is 24.5 Å². The van der Waals surface area contributed by atoms with E-state index in [0.29, 0.717) is 12.0 Å². The van der Waals surface area contributed by atoms with Crippen LogP contribution >= 0.6 is 0 Å². The molecule has 1 aromatic carbocycles. The Kier molecular flexibility index (Phi) is 12.6. The summed E-state index contributed by atoms with van der Waals surface area (Å²) in [5.74, 6) is -4.77. The lowest BCUT2D eigenvalue weighted by atomic mass is 9.74. The van der Waals surface area contributed by atoms with Gasteiger partial charge >= 0.3 is 6.09 Å². The molecule has 0 aliphatic heterocycles. The van der Waals surface area contributed by atoms with Gasteiger partial charge in [-0.1, -0.05) is 76.3 Å². The van der Waals surface area contributed by atoms with Crippen LogP contribution in [0, 0.1) is 40.9 Å². The van der Waals surface area contributed by atoms with Gasteiger partial charge in [0.1, 0.15) is 11.6 Å². The number of carbonyl (C=O) groups excluding carboxylic acids is 7. The second-order valence-corrected chi connectivity index (χ2v) is 17.7. The summed E-state index contributed by atoms with van der Waals surface area (Å²) in [7, 11) is 3.15. The van der Waals surface area contributed by atoms with E-state index in [9.17, 15) is 33.6 Å². The minimum absolute atomic E-state index is 0.0681. The number of ether oxygens (including phenoxy) is 1. The molecule has 4 saturated carbocycles. The van der Waals surface area contributed by atoms with Gasteiger partial charge in [0.25, 0.3) is 5.91 Å². The third-order valence-electron chi connectivity index (χ3n) is 11.9. The predicted molar refractivity (Wildman–Crippen MR) is 200 cm³/mol. The molecular weight excluding hydrogens is 690 g/mol. The van der Waals surface area contributed by atoms with Crippen LogP contribution in [0.15, 0.2) is 30.3 Å². The van der Waals surface area contributed by atoms with Gasteiger partial charge in [-0.2, -0.15) is 0 Å². The molecule has 4 aliphatic rings. The standard InChI is InChI=1S/C41H59N5O8/c1-40(2,3)54-39(53)45-32(24-14-10-8-11-15-24)34(48)26-21-27-31(41(27,4)5)30(26)36(50)43-28(20-23-18-19-23)35(49)37(51)42-22-29(47)44-33(38(52)46(6)7)25-16-12-9-13-17-25/h9,12-13,16-17,23-24,26-28,30-33H,8,10-11,14-15,18-22H2,1-7H3,(H,42,51)(H,43,50)(H,44,47)(H,45,53)/t26?,27-,28?,30-,31-,32-,33-/m0/s1. The first-order valence-corrected chi connectivity index (χ1v) is 19.6.